The molecule has 30 heavy (non-hydrogen) atoms. The van der Waals surface area contributed by atoms with Gasteiger partial charge in [-0.15, -0.1) is 11.3 Å². The van der Waals surface area contributed by atoms with Crippen molar-refractivity contribution in [2.24, 2.45) is 0 Å². The normalized spacial score (nSPS) is 13.4. The van der Waals surface area contributed by atoms with Crippen LogP contribution in [0.3, 0.4) is 0 Å². The summed E-state index contributed by atoms with van der Waals surface area (Å²) >= 11 is 14.0. The number of hydrogen-bond donors (Lipinski definition) is 2. The van der Waals surface area contributed by atoms with Crippen LogP contribution in [0, 0.1) is 0 Å². The van der Waals surface area contributed by atoms with E-state index in [4.69, 9.17) is 38.3 Å². The van der Waals surface area contributed by atoms with Crippen LogP contribution in [-0.2, 0) is 30.6 Å². The molecule has 158 valence electrons. The molecule has 0 saturated carbocycles. The summed E-state index contributed by atoms with van der Waals surface area (Å²) in [5.41, 5.74) is 2.42. The fourth-order valence-electron chi connectivity index (χ4n) is 3.84. The number of anilines is 1. The van der Waals surface area contributed by atoms with E-state index < -0.39 is 5.97 Å². The molecule has 2 aromatic heterocycles. The number of aliphatic carboxylic acids is 1. The Hall–Kier alpha value is -1.89. The van der Waals surface area contributed by atoms with E-state index >= 15 is 0 Å². The minimum absolute atomic E-state index is 0.179. The van der Waals surface area contributed by atoms with E-state index in [2.05, 4.69) is 5.32 Å². The molecule has 5 nitrogen and oxygen atoms in total. The van der Waals surface area contributed by atoms with E-state index in [1.807, 2.05) is 12.1 Å². The molecule has 1 aliphatic carbocycles. The van der Waals surface area contributed by atoms with Crippen molar-refractivity contribution in [3.63, 3.8) is 0 Å². The molecule has 0 amide bonds. The van der Waals surface area contributed by atoms with E-state index in [9.17, 15) is 4.79 Å². The van der Waals surface area contributed by atoms with Crippen molar-refractivity contribution in [1.82, 2.24) is 9.97 Å². The van der Waals surface area contributed by atoms with Gasteiger partial charge in [-0.25, -0.2) is 9.97 Å². The number of hydrogen-bond acceptors (Lipinski definition) is 5. The number of aryl methyl sites for hydroxylation is 3. The molecule has 0 unspecified atom stereocenters. The monoisotopic (exact) mass is 463 g/mol. The number of carbonyl (C=O) groups is 1. The summed E-state index contributed by atoms with van der Waals surface area (Å²) in [6, 6.07) is 5.62. The summed E-state index contributed by atoms with van der Waals surface area (Å²) in [7, 11) is 0. The Morgan fingerprint density at radius 1 is 1.13 bits per heavy atom. The van der Waals surface area contributed by atoms with Crippen LogP contribution in [0.5, 0.6) is 0 Å². The van der Waals surface area contributed by atoms with E-state index in [1.54, 1.807) is 17.4 Å². The fourth-order valence-corrected chi connectivity index (χ4v) is 5.44. The van der Waals surface area contributed by atoms with Crippen molar-refractivity contribution < 1.29 is 9.90 Å². The van der Waals surface area contributed by atoms with Gasteiger partial charge in [-0.3, -0.25) is 4.79 Å². The molecule has 0 radical (unpaired) electrons. The van der Waals surface area contributed by atoms with Crippen LogP contribution in [0.15, 0.2) is 18.2 Å². The van der Waals surface area contributed by atoms with Gasteiger partial charge in [0.05, 0.1) is 15.4 Å². The minimum atomic E-state index is -0.763. The maximum atomic E-state index is 10.8. The Balaban J connectivity index is 1.61. The van der Waals surface area contributed by atoms with Crippen LogP contribution < -0.4 is 5.32 Å². The lowest BCUT2D eigenvalue weighted by Gasteiger charge is -2.14. The van der Waals surface area contributed by atoms with Gasteiger partial charge in [0, 0.05) is 24.3 Å². The molecule has 8 heteroatoms. The van der Waals surface area contributed by atoms with Gasteiger partial charge in [0.15, 0.2) is 0 Å². The average Bonchev–Trinajstić information content (AvgIpc) is 3.10. The maximum Gasteiger partial charge on any atom is 0.303 e. The zero-order valence-corrected chi connectivity index (χ0v) is 18.8. The molecule has 0 bridgehead atoms. The minimum Gasteiger partial charge on any atom is -0.481 e. The lowest BCUT2D eigenvalue weighted by molar-refractivity contribution is -0.137. The zero-order chi connectivity index (χ0) is 21.1. The van der Waals surface area contributed by atoms with Gasteiger partial charge >= 0.3 is 5.97 Å². The molecule has 0 aliphatic heterocycles. The van der Waals surface area contributed by atoms with Crippen LogP contribution in [-0.4, -0.2) is 21.0 Å². The van der Waals surface area contributed by atoms with E-state index in [-0.39, 0.29) is 6.42 Å². The molecular formula is C22H23Cl2N3O2S. The number of unbranched alkanes of at least 4 members (excludes halogenated alkanes) is 1. The number of carboxylic acids is 1. The Bertz CT molecular complexity index is 1080. The summed E-state index contributed by atoms with van der Waals surface area (Å²) < 4.78 is 0. The second-order valence-electron chi connectivity index (χ2n) is 7.58. The predicted molar refractivity (Wildman–Crippen MR) is 123 cm³/mol. The quantitative estimate of drug-likeness (QED) is 0.384. The van der Waals surface area contributed by atoms with Crippen molar-refractivity contribution in [2.75, 3.05) is 5.32 Å². The van der Waals surface area contributed by atoms with Gasteiger partial charge in [-0.05, 0) is 61.8 Å². The van der Waals surface area contributed by atoms with E-state index in [0.29, 0.717) is 29.4 Å². The lowest BCUT2D eigenvalue weighted by Crippen LogP contribution is -2.07. The number of thiophene rings is 1. The first kappa shape index (κ1) is 21.3. The third-order valence-electron chi connectivity index (χ3n) is 5.35. The van der Waals surface area contributed by atoms with E-state index in [0.717, 1.165) is 46.7 Å². The molecule has 0 atom stereocenters. The van der Waals surface area contributed by atoms with Crippen molar-refractivity contribution in [3.8, 4) is 0 Å². The molecule has 0 saturated heterocycles. The van der Waals surface area contributed by atoms with Gasteiger partial charge in [0.2, 0.25) is 0 Å². The first-order valence-electron chi connectivity index (χ1n) is 10.2. The van der Waals surface area contributed by atoms with Crippen LogP contribution in [0.25, 0.3) is 10.2 Å². The van der Waals surface area contributed by atoms with Crippen molar-refractivity contribution in [1.29, 1.82) is 0 Å². The van der Waals surface area contributed by atoms with Crippen LogP contribution in [0.4, 0.5) is 5.82 Å². The highest BCUT2D eigenvalue weighted by atomic mass is 35.5. The van der Waals surface area contributed by atoms with Crippen LogP contribution in [0.1, 0.15) is 53.9 Å². The topological polar surface area (TPSA) is 75.1 Å². The molecule has 4 rings (SSSR count). The summed E-state index contributed by atoms with van der Waals surface area (Å²) in [6.07, 6.45) is 6.84. The smallest absolute Gasteiger partial charge is 0.303 e. The molecule has 0 spiro atoms. The predicted octanol–water partition coefficient (Wildman–Crippen LogP) is 6.29. The third-order valence-corrected chi connectivity index (χ3v) is 7.27. The first-order valence-corrected chi connectivity index (χ1v) is 11.8. The highest BCUT2D eigenvalue weighted by Gasteiger charge is 2.21. The molecular weight excluding hydrogens is 441 g/mol. The standard InChI is InChI=1S/C22H23Cl2N3O2S/c23-15-10-9-13(11-16(15)24)12-25-21-20-14-5-1-2-6-17(14)30-22(20)27-18(26-21)7-3-4-8-19(28)29/h9-11H,1-8,12H2,(H,28,29)(H,25,26,27). The Morgan fingerprint density at radius 3 is 2.77 bits per heavy atom. The SMILES string of the molecule is O=C(O)CCCCc1nc(NCc2ccc(Cl)c(Cl)c2)c2c3c(sc2n1)CCCC3. The molecule has 0 fully saturated rings. The summed E-state index contributed by atoms with van der Waals surface area (Å²) in [5, 5.41) is 14.6. The average molecular weight is 464 g/mol. The number of carboxylic acid groups (broad SMARTS) is 1. The van der Waals surface area contributed by atoms with Gasteiger partial charge < -0.3 is 10.4 Å². The zero-order valence-electron chi connectivity index (χ0n) is 16.5. The number of halogens is 2. The van der Waals surface area contributed by atoms with Gasteiger partial charge in [0.25, 0.3) is 0 Å². The maximum absolute atomic E-state index is 10.8. The molecule has 3 aromatic rings. The third kappa shape index (κ3) is 4.88. The fraction of sp³-hybridized carbons (Fsp3) is 0.409. The number of aromatic nitrogens is 2. The lowest BCUT2D eigenvalue weighted by atomic mass is 9.97. The largest absolute Gasteiger partial charge is 0.481 e. The highest BCUT2D eigenvalue weighted by Crippen LogP contribution is 2.39. The van der Waals surface area contributed by atoms with Gasteiger partial charge in [-0.2, -0.15) is 0 Å². The van der Waals surface area contributed by atoms with Crippen LogP contribution >= 0.6 is 34.5 Å². The second kappa shape index (κ2) is 9.50. The molecule has 2 heterocycles. The van der Waals surface area contributed by atoms with Crippen molar-refractivity contribution in [2.45, 2.75) is 57.9 Å². The number of rotatable bonds is 8. The summed E-state index contributed by atoms with van der Waals surface area (Å²) in [6.45, 7) is 0.589. The van der Waals surface area contributed by atoms with Gasteiger partial charge in [0.1, 0.15) is 16.5 Å². The van der Waals surface area contributed by atoms with Gasteiger partial charge in [-0.1, -0.05) is 29.3 Å². The number of fused-ring (bicyclic) bond motifs is 3. The van der Waals surface area contributed by atoms with E-state index in [1.165, 1.54) is 23.3 Å². The Labute approximate surface area is 189 Å². The molecule has 1 aliphatic rings. The Morgan fingerprint density at radius 2 is 1.97 bits per heavy atom. The second-order valence-corrected chi connectivity index (χ2v) is 9.48. The number of nitrogens with one attached hydrogen (secondary N) is 1. The first-order chi connectivity index (χ1) is 14.5. The van der Waals surface area contributed by atoms with Crippen molar-refractivity contribution >= 4 is 56.5 Å². The summed E-state index contributed by atoms with van der Waals surface area (Å²) in [4.78, 5) is 22.9. The molecule has 2 N–H and O–H groups in total. The summed E-state index contributed by atoms with van der Waals surface area (Å²) in [5.74, 6) is 0.864. The highest BCUT2D eigenvalue weighted by molar-refractivity contribution is 7.19. The van der Waals surface area contributed by atoms with Crippen molar-refractivity contribution in [3.05, 3.63) is 50.1 Å². The van der Waals surface area contributed by atoms with Crippen LogP contribution in [0.2, 0.25) is 10.0 Å². The molecule has 1 aromatic carbocycles. The Kier molecular flexibility index (Phi) is 6.76. The number of benzene rings is 1. The number of nitrogens with zero attached hydrogens (tertiary/aromatic N) is 2.